The SMILES string of the molecule is COc1cc(C(C)=O)ccc1OCC(=O)Nc1cccc(Cl)c1Cl. The Labute approximate surface area is 149 Å². The Kier molecular flexibility index (Phi) is 6.06. The predicted octanol–water partition coefficient (Wildman–Crippen LogP) is 4.22. The summed E-state index contributed by atoms with van der Waals surface area (Å²) in [6.45, 7) is 1.20. The lowest BCUT2D eigenvalue weighted by molar-refractivity contribution is -0.118. The van der Waals surface area contributed by atoms with Crippen LogP contribution in [0.15, 0.2) is 36.4 Å². The van der Waals surface area contributed by atoms with E-state index in [-0.39, 0.29) is 17.4 Å². The van der Waals surface area contributed by atoms with Crippen molar-refractivity contribution in [1.82, 2.24) is 0 Å². The number of methoxy groups -OCH3 is 1. The lowest BCUT2D eigenvalue weighted by atomic mass is 10.1. The monoisotopic (exact) mass is 367 g/mol. The van der Waals surface area contributed by atoms with Crippen LogP contribution in [0.3, 0.4) is 0 Å². The fourth-order valence-corrected chi connectivity index (χ4v) is 2.28. The van der Waals surface area contributed by atoms with Crippen LogP contribution >= 0.6 is 23.2 Å². The molecule has 2 aromatic rings. The van der Waals surface area contributed by atoms with Gasteiger partial charge in [0.05, 0.1) is 22.8 Å². The van der Waals surface area contributed by atoms with Gasteiger partial charge in [0.15, 0.2) is 23.9 Å². The number of nitrogens with one attached hydrogen (secondary N) is 1. The Morgan fingerprint density at radius 3 is 2.54 bits per heavy atom. The average Bonchev–Trinajstić information content (AvgIpc) is 2.56. The summed E-state index contributed by atoms with van der Waals surface area (Å²) >= 11 is 11.9. The molecule has 0 radical (unpaired) electrons. The molecule has 0 atom stereocenters. The van der Waals surface area contributed by atoms with Crippen LogP contribution in [-0.2, 0) is 4.79 Å². The molecule has 126 valence electrons. The normalized spacial score (nSPS) is 10.2. The van der Waals surface area contributed by atoms with Gasteiger partial charge in [-0.1, -0.05) is 29.3 Å². The van der Waals surface area contributed by atoms with Crippen molar-refractivity contribution < 1.29 is 19.1 Å². The van der Waals surface area contributed by atoms with Crippen molar-refractivity contribution in [3.63, 3.8) is 0 Å². The van der Waals surface area contributed by atoms with Crippen LogP contribution in [0.25, 0.3) is 0 Å². The second-order valence-corrected chi connectivity index (χ2v) is 5.65. The molecule has 0 aliphatic carbocycles. The van der Waals surface area contributed by atoms with Gasteiger partial charge < -0.3 is 14.8 Å². The number of anilines is 1. The van der Waals surface area contributed by atoms with Crippen molar-refractivity contribution >= 4 is 40.6 Å². The Bertz CT molecular complexity index is 777. The van der Waals surface area contributed by atoms with E-state index in [0.29, 0.717) is 27.8 Å². The van der Waals surface area contributed by atoms with Gasteiger partial charge in [-0.3, -0.25) is 9.59 Å². The van der Waals surface area contributed by atoms with E-state index in [4.69, 9.17) is 32.7 Å². The Morgan fingerprint density at radius 1 is 1.12 bits per heavy atom. The third-order valence-corrected chi connectivity index (χ3v) is 3.97. The van der Waals surface area contributed by atoms with E-state index in [1.165, 1.54) is 14.0 Å². The molecule has 7 heteroatoms. The molecule has 0 fully saturated rings. The quantitative estimate of drug-likeness (QED) is 0.776. The summed E-state index contributed by atoms with van der Waals surface area (Å²) in [6.07, 6.45) is 0. The number of halogens is 2. The molecule has 0 saturated carbocycles. The van der Waals surface area contributed by atoms with E-state index in [1.807, 2.05) is 0 Å². The maximum Gasteiger partial charge on any atom is 0.262 e. The minimum Gasteiger partial charge on any atom is -0.493 e. The first-order valence-corrected chi connectivity index (χ1v) is 7.73. The molecule has 1 amide bonds. The highest BCUT2D eigenvalue weighted by molar-refractivity contribution is 6.44. The molecule has 0 unspecified atom stereocenters. The van der Waals surface area contributed by atoms with Crippen LogP contribution in [0, 0.1) is 0 Å². The van der Waals surface area contributed by atoms with Crippen molar-refractivity contribution in [3.05, 3.63) is 52.0 Å². The zero-order valence-corrected chi connectivity index (χ0v) is 14.6. The fraction of sp³-hybridized carbons (Fsp3) is 0.176. The van der Waals surface area contributed by atoms with Crippen molar-refractivity contribution in [1.29, 1.82) is 0 Å². The van der Waals surface area contributed by atoms with Gasteiger partial charge in [0, 0.05) is 5.56 Å². The van der Waals surface area contributed by atoms with Gasteiger partial charge in [-0.25, -0.2) is 0 Å². The molecule has 0 heterocycles. The molecule has 2 rings (SSSR count). The first-order chi connectivity index (χ1) is 11.4. The maximum absolute atomic E-state index is 12.0. The van der Waals surface area contributed by atoms with E-state index in [1.54, 1.807) is 36.4 Å². The predicted molar refractivity (Wildman–Crippen MR) is 93.6 cm³/mol. The summed E-state index contributed by atoms with van der Waals surface area (Å²) in [5, 5.41) is 3.22. The Morgan fingerprint density at radius 2 is 1.88 bits per heavy atom. The third-order valence-electron chi connectivity index (χ3n) is 3.15. The molecule has 0 aliphatic heterocycles. The molecule has 0 spiro atoms. The summed E-state index contributed by atoms with van der Waals surface area (Å²) in [6, 6.07) is 9.67. The molecule has 5 nitrogen and oxygen atoms in total. The lowest BCUT2D eigenvalue weighted by Crippen LogP contribution is -2.20. The van der Waals surface area contributed by atoms with Crippen LogP contribution in [-0.4, -0.2) is 25.4 Å². The van der Waals surface area contributed by atoms with Crippen molar-refractivity contribution in [2.24, 2.45) is 0 Å². The van der Waals surface area contributed by atoms with Gasteiger partial charge in [-0.05, 0) is 37.3 Å². The van der Waals surface area contributed by atoms with Gasteiger partial charge in [0.1, 0.15) is 0 Å². The summed E-state index contributed by atoms with van der Waals surface area (Å²) in [4.78, 5) is 23.4. The molecule has 24 heavy (non-hydrogen) atoms. The topological polar surface area (TPSA) is 64.6 Å². The number of carbonyl (C=O) groups is 2. The summed E-state index contributed by atoms with van der Waals surface area (Å²) in [5.74, 6) is 0.233. The minimum absolute atomic E-state index is 0.0896. The van der Waals surface area contributed by atoms with E-state index >= 15 is 0 Å². The average molecular weight is 368 g/mol. The van der Waals surface area contributed by atoms with Crippen molar-refractivity contribution in [3.8, 4) is 11.5 Å². The van der Waals surface area contributed by atoms with Crippen LogP contribution in [0.1, 0.15) is 17.3 Å². The first kappa shape index (κ1) is 18.1. The molecule has 1 N–H and O–H groups in total. The van der Waals surface area contributed by atoms with Crippen LogP contribution < -0.4 is 14.8 Å². The zero-order valence-electron chi connectivity index (χ0n) is 13.1. The molecule has 0 aromatic heterocycles. The van der Waals surface area contributed by atoms with E-state index in [0.717, 1.165) is 0 Å². The minimum atomic E-state index is -0.406. The van der Waals surface area contributed by atoms with Crippen LogP contribution in [0.4, 0.5) is 5.69 Å². The Balaban J connectivity index is 2.04. The number of hydrogen-bond acceptors (Lipinski definition) is 4. The summed E-state index contributed by atoms with van der Waals surface area (Å²) in [7, 11) is 1.46. The summed E-state index contributed by atoms with van der Waals surface area (Å²) < 4.78 is 10.6. The van der Waals surface area contributed by atoms with Gasteiger partial charge >= 0.3 is 0 Å². The number of amides is 1. The molecular weight excluding hydrogens is 353 g/mol. The highest BCUT2D eigenvalue weighted by atomic mass is 35.5. The highest BCUT2D eigenvalue weighted by Gasteiger charge is 2.12. The number of Topliss-reactive ketones (excluding diaryl/α,β-unsaturated/α-hetero) is 1. The van der Waals surface area contributed by atoms with Crippen LogP contribution in [0.2, 0.25) is 10.0 Å². The van der Waals surface area contributed by atoms with E-state index in [9.17, 15) is 9.59 Å². The fourth-order valence-electron chi connectivity index (χ4n) is 1.94. The molecular formula is C17H15Cl2NO4. The van der Waals surface area contributed by atoms with Gasteiger partial charge in [0.25, 0.3) is 5.91 Å². The van der Waals surface area contributed by atoms with Gasteiger partial charge in [-0.15, -0.1) is 0 Å². The number of benzene rings is 2. The second kappa shape index (κ2) is 8.04. The van der Waals surface area contributed by atoms with E-state index < -0.39 is 5.91 Å². The number of hydrogen-bond donors (Lipinski definition) is 1. The van der Waals surface area contributed by atoms with Crippen molar-refractivity contribution in [2.45, 2.75) is 6.92 Å². The maximum atomic E-state index is 12.0. The van der Waals surface area contributed by atoms with Gasteiger partial charge in [0.2, 0.25) is 0 Å². The molecule has 0 saturated heterocycles. The highest BCUT2D eigenvalue weighted by Crippen LogP contribution is 2.30. The smallest absolute Gasteiger partial charge is 0.262 e. The molecule has 0 aliphatic rings. The number of rotatable bonds is 6. The number of carbonyl (C=O) groups excluding carboxylic acids is 2. The molecule has 0 bridgehead atoms. The zero-order chi connectivity index (χ0) is 17.7. The number of ether oxygens (including phenoxy) is 2. The summed E-state index contributed by atoms with van der Waals surface area (Å²) in [5.41, 5.74) is 0.894. The van der Waals surface area contributed by atoms with Gasteiger partial charge in [-0.2, -0.15) is 0 Å². The third kappa shape index (κ3) is 4.40. The van der Waals surface area contributed by atoms with Crippen LogP contribution in [0.5, 0.6) is 11.5 Å². The van der Waals surface area contributed by atoms with Crippen molar-refractivity contribution in [2.75, 3.05) is 19.0 Å². The lowest BCUT2D eigenvalue weighted by Gasteiger charge is -2.12. The first-order valence-electron chi connectivity index (χ1n) is 6.98. The second-order valence-electron chi connectivity index (χ2n) is 4.86. The largest absolute Gasteiger partial charge is 0.493 e. The Hall–Kier alpha value is -2.24. The standard InChI is InChI=1S/C17H15Cl2NO4/c1-10(21)11-6-7-14(15(8-11)23-2)24-9-16(22)20-13-5-3-4-12(18)17(13)19/h3-8H,9H2,1-2H3,(H,20,22). The number of ketones is 1. The molecule has 2 aromatic carbocycles. The van der Waals surface area contributed by atoms with E-state index in [2.05, 4.69) is 5.32 Å².